The lowest BCUT2D eigenvalue weighted by molar-refractivity contribution is 0.174. The summed E-state index contributed by atoms with van der Waals surface area (Å²) in [6, 6.07) is 10.5. The number of hydrogen-bond donors (Lipinski definition) is 1. The molecule has 1 N–H and O–H groups in total. The molecule has 3 rings (SSSR count). The van der Waals surface area contributed by atoms with Crippen molar-refractivity contribution in [1.82, 2.24) is 9.88 Å². The predicted molar refractivity (Wildman–Crippen MR) is 89.8 cm³/mol. The number of thiophene rings is 1. The molecule has 0 amide bonds. The molecule has 0 spiro atoms. The normalized spacial score (nSPS) is 19.6. The highest BCUT2D eigenvalue weighted by Crippen LogP contribution is 2.20. The summed E-state index contributed by atoms with van der Waals surface area (Å²) < 4.78 is 0. The summed E-state index contributed by atoms with van der Waals surface area (Å²) in [7, 11) is 0. The van der Waals surface area contributed by atoms with Crippen molar-refractivity contribution in [3.8, 4) is 0 Å². The van der Waals surface area contributed by atoms with E-state index < -0.39 is 0 Å². The van der Waals surface area contributed by atoms with E-state index >= 15 is 0 Å². The zero-order valence-corrected chi connectivity index (χ0v) is 13.4. The topological polar surface area (TPSA) is 28.2 Å². The Labute approximate surface area is 131 Å². The smallest absolute Gasteiger partial charge is 0.126 e. The maximum Gasteiger partial charge on any atom is 0.126 e. The van der Waals surface area contributed by atoms with E-state index in [1.807, 2.05) is 24.3 Å². The average molecular weight is 301 g/mol. The van der Waals surface area contributed by atoms with Gasteiger partial charge in [-0.2, -0.15) is 0 Å². The van der Waals surface area contributed by atoms with Gasteiger partial charge in [-0.05, 0) is 55.8 Å². The zero-order chi connectivity index (χ0) is 14.5. The first-order valence-corrected chi connectivity index (χ1v) is 8.60. The Morgan fingerprint density at radius 1 is 1.33 bits per heavy atom. The maximum atomic E-state index is 4.51. The molecule has 0 aromatic carbocycles. The monoisotopic (exact) mass is 301 g/mol. The molecule has 1 saturated heterocycles. The Kier molecular flexibility index (Phi) is 4.88. The number of likely N-dealkylation sites (tertiary alicyclic amines) is 1. The predicted octanol–water partition coefficient (Wildman–Crippen LogP) is 3.78. The Morgan fingerprint density at radius 2 is 2.29 bits per heavy atom. The molecule has 0 radical (unpaired) electrons. The summed E-state index contributed by atoms with van der Waals surface area (Å²) in [5.74, 6) is 1.73. The highest BCUT2D eigenvalue weighted by Gasteiger charge is 2.20. The number of rotatable bonds is 5. The van der Waals surface area contributed by atoms with Gasteiger partial charge in [-0.3, -0.25) is 4.90 Å². The minimum atomic E-state index is 0.723. The van der Waals surface area contributed by atoms with E-state index in [4.69, 9.17) is 0 Å². The molecular weight excluding hydrogens is 278 g/mol. The van der Waals surface area contributed by atoms with Crippen LogP contribution in [-0.2, 0) is 6.54 Å². The van der Waals surface area contributed by atoms with Crippen molar-refractivity contribution in [2.45, 2.75) is 26.3 Å². The van der Waals surface area contributed by atoms with Gasteiger partial charge >= 0.3 is 0 Å². The molecule has 3 heterocycles. The summed E-state index contributed by atoms with van der Waals surface area (Å²) in [6.07, 6.45) is 2.62. The lowest BCUT2D eigenvalue weighted by Gasteiger charge is -2.32. The second kappa shape index (κ2) is 7.05. The number of nitrogens with one attached hydrogen (secondary N) is 1. The van der Waals surface area contributed by atoms with Gasteiger partial charge in [0.25, 0.3) is 0 Å². The van der Waals surface area contributed by atoms with E-state index in [0.29, 0.717) is 0 Å². The van der Waals surface area contributed by atoms with E-state index in [1.54, 1.807) is 0 Å². The van der Waals surface area contributed by atoms with Crippen LogP contribution in [0.5, 0.6) is 0 Å². The minimum Gasteiger partial charge on any atom is -0.370 e. The van der Waals surface area contributed by atoms with Crippen LogP contribution in [0.25, 0.3) is 0 Å². The molecule has 3 nitrogen and oxygen atoms in total. The van der Waals surface area contributed by atoms with Crippen LogP contribution < -0.4 is 5.32 Å². The SMILES string of the molecule is Cc1cccc(NCC2CCCN(Cc3cccs3)C2)n1. The molecule has 1 aliphatic heterocycles. The van der Waals surface area contributed by atoms with Crippen LogP contribution in [0.2, 0.25) is 0 Å². The van der Waals surface area contributed by atoms with Crippen LogP contribution in [0.3, 0.4) is 0 Å². The van der Waals surface area contributed by atoms with Crippen molar-refractivity contribution in [3.63, 3.8) is 0 Å². The Hall–Kier alpha value is -1.39. The van der Waals surface area contributed by atoms with Gasteiger partial charge in [-0.25, -0.2) is 4.98 Å². The van der Waals surface area contributed by atoms with Crippen LogP contribution >= 0.6 is 11.3 Å². The van der Waals surface area contributed by atoms with Crippen molar-refractivity contribution in [2.75, 3.05) is 25.0 Å². The third-order valence-corrected chi connectivity index (χ3v) is 4.88. The molecular formula is C17H23N3S. The molecule has 1 aliphatic rings. The molecule has 112 valence electrons. The Balaban J connectivity index is 1.49. The van der Waals surface area contributed by atoms with Crippen LogP contribution in [-0.4, -0.2) is 29.5 Å². The molecule has 1 atom stereocenters. The van der Waals surface area contributed by atoms with Gasteiger partial charge in [-0.1, -0.05) is 12.1 Å². The van der Waals surface area contributed by atoms with Crippen molar-refractivity contribution < 1.29 is 0 Å². The molecule has 21 heavy (non-hydrogen) atoms. The van der Waals surface area contributed by atoms with E-state index in [-0.39, 0.29) is 0 Å². The van der Waals surface area contributed by atoms with Gasteiger partial charge in [-0.15, -0.1) is 11.3 Å². The highest BCUT2D eigenvalue weighted by molar-refractivity contribution is 7.09. The highest BCUT2D eigenvalue weighted by atomic mass is 32.1. The summed E-state index contributed by atoms with van der Waals surface area (Å²) in [6.45, 7) is 6.59. The first-order valence-electron chi connectivity index (χ1n) is 7.72. The van der Waals surface area contributed by atoms with Crippen molar-refractivity contribution >= 4 is 17.2 Å². The lowest BCUT2D eigenvalue weighted by atomic mass is 9.98. The molecule has 2 aromatic heterocycles. The van der Waals surface area contributed by atoms with E-state index in [1.165, 1.54) is 30.8 Å². The van der Waals surface area contributed by atoms with Crippen LogP contribution in [0.15, 0.2) is 35.7 Å². The van der Waals surface area contributed by atoms with E-state index in [9.17, 15) is 0 Å². The summed E-state index contributed by atoms with van der Waals surface area (Å²) in [5, 5.41) is 5.67. The van der Waals surface area contributed by atoms with Gasteiger partial charge in [0.2, 0.25) is 0 Å². The van der Waals surface area contributed by atoms with Crippen LogP contribution in [0, 0.1) is 12.8 Å². The van der Waals surface area contributed by atoms with Gasteiger partial charge < -0.3 is 5.32 Å². The van der Waals surface area contributed by atoms with Crippen LogP contribution in [0.4, 0.5) is 5.82 Å². The summed E-state index contributed by atoms with van der Waals surface area (Å²) in [4.78, 5) is 8.58. The van der Waals surface area contributed by atoms with Crippen molar-refractivity contribution in [3.05, 3.63) is 46.3 Å². The van der Waals surface area contributed by atoms with Gasteiger partial charge in [0, 0.05) is 30.2 Å². The van der Waals surface area contributed by atoms with Gasteiger partial charge in [0.1, 0.15) is 5.82 Å². The number of aromatic nitrogens is 1. The molecule has 0 aliphatic carbocycles. The fourth-order valence-electron chi connectivity index (χ4n) is 2.97. The van der Waals surface area contributed by atoms with E-state index in [2.05, 4.69) is 44.8 Å². The number of hydrogen-bond acceptors (Lipinski definition) is 4. The fourth-order valence-corrected chi connectivity index (χ4v) is 3.72. The van der Waals surface area contributed by atoms with Gasteiger partial charge in [0.15, 0.2) is 0 Å². The molecule has 2 aromatic rings. The standard InChI is InChI=1S/C17H23N3S/c1-14-5-2-8-17(19-14)18-11-15-6-3-9-20(12-15)13-16-7-4-10-21-16/h2,4-5,7-8,10,15H,3,6,9,11-13H2,1H3,(H,18,19). The largest absolute Gasteiger partial charge is 0.370 e. The first-order chi connectivity index (χ1) is 10.3. The number of aryl methyl sites for hydroxylation is 1. The quantitative estimate of drug-likeness (QED) is 0.911. The number of anilines is 1. The third kappa shape index (κ3) is 4.29. The minimum absolute atomic E-state index is 0.723. The lowest BCUT2D eigenvalue weighted by Crippen LogP contribution is -2.37. The molecule has 0 saturated carbocycles. The summed E-state index contributed by atoms with van der Waals surface area (Å²) >= 11 is 1.86. The molecule has 1 fully saturated rings. The number of pyridine rings is 1. The Morgan fingerprint density at radius 3 is 3.10 bits per heavy atom. The van der Waals surface area contributed by atoms with Crippen molar-refractivity contribution in [2.24, 2.45) is 5.92 Å². The molecule has 0 bridgehead atoms. The third-order valence-electron chi connectivity index (χ3n) is 4.02. The average Bonchev–Trinajstić information content (AvgIpc) is 2.99. The zero-order valence-electron chi connectivity index (χ0n) is 12.6. The number of nitrogens with zero attached hydrogens (tertiary/aromatic N) is 2. The number of piperidine rings is 1. The second-order valence-electron chi connectivity index (χ2n) is 5.87. The Bertz CT molecular complexity index is 553. The molecule has 4 heteroatoms. The first kappa shape index (κ1) is 14.5. The van der Waals surface area contributed by atoms with Crippen LogP contribution in [0.1, 0.15) is 23.4 Å². The van der Waals surface area contributed by atoms with E-state index in [0.717, 1.165) is 30.5 Å². The maximum absolute atomic E-state index is 4.51. The summed E-state index contributed by atoms with van der Waals surface area (Å²) in [5.41, 5.74) is 1.07. The van der Waals surface area contributed by atoms with Crippen molar-refractivity contribution in [1.29, 1.82) is 0 Å². The van der Waals surface area contributed by atoms with Gasteiger partial charge in [0.05, 0.1) is 0 Å². The fraction of sp³-hybridized carbons (Fsp3) is 0.471. The second-order valence-corrected chi connectivity index (χ2v) is 6.90. The molecule has 1 unspecified atom stereocenters.